The standard InChI is InChI=1S/C18H12ClN5OS/c19-14-7-4-8-15(9-14)24-11-13(10-20-24)16(25)21-18-23-22-17(26-18)12-5-2-1-3-6-12/h1-11H,(H,21,23,25). The number of nitrogens with zero attached hydrogens (tertiary/aromatic N) is 4. The first-order valence-corrected chi connectivity index (χ1v) is 8.89. The molecule has 2 aromatic heterocycles. The summed E-state index contributed by atoms with van der Waals surface area (Å²) in [4.78, 5) is 12.4. The van der Waals surface area contributed by atoms with Crippen LogP contribution in [0.4, 0.5) is 5.13 Å². The number of amides is 1. The maximum atomic E-state index is 12.4. The van der Waals surface area contributed by atoms with Gasteiger partial charge in [0.05, 0.1) is 17.4 Å². The molecule has 0 aliphatic rings. The van der Waals surface area contributed by atoms with Gasteiger partial charge in [0.2, 0.25) is 5.13 Å². The molecule has 6 nitrogen and oxygen atoms in total. The minimum atomic E-state index is -0.297. The molecule has 0 saturated carbocycles. The van der Waals surface area contributed by atoms with E-state index < -0.39 is 0 Å². The number of hydrogen-bond acceptors (Lipinski definition) is 5. The van der Waals surface area contributed by atoms with Gasteiger partial charge in [-0.2, -0.15) is 5.10 Å². The molecule has 4 aromatic rings. The molecule has 26 heavy (non-hydrogen) atoms. The van der Waals surface area contributed by atoms with Crippen LogP contribution in [-0.2, 0) is 0 Å². The Morgan fingerprint density at radius 2 is 1.92 bits per heavy atom. The van der Waals surface area contributed by atoms with Gasteiger partial charge in [-0.3, -0.25) is 10.1 Å². The van der Waals surface area contributed by atoms with E-state index in [0.29, 0.717) is 15.7 Å². The van der Waals surface area contributed by atoms with Gasteiger partial charge in [0.25, 0.3) is 5.91 Å². The highest BCUT2D eigenvalue weighted by molar-refractivity contribution is 7.18. The molecule has 0 aliphatic heterocycles. The lowest BCUT2D eigenvalue weighted by Crippen LogP contribution is -2.10. The molecule has 0 fully saturated rings. The van der Waals surface area contributed by atoms with Crippen LogP contribution in [-0.4, -0.2) is 25.9 Å². The number of benzene rings is 2. The van der Waals surface area contributed by atoms with Gasteiger partial charge in [0, 0.05) is 16.8 Å². The number of carbonyl (C=O) groups is 1. The van der Waals surface area contributed by atoms with E-state index in [4.69, 9.17) is 11.6 Å². The number of anilines is 1. The minimum absolute atomic E-state index is 0.297. The first-order chi connectivity index (χ1) is 12.7. The number of nitrogens with one attached hydrogen (secondary N) is 1. The fraction of sp³-hybridized carbons (Fsp3) is 0. The van der Waals surface area contributed by atoms with Crippen LogP contribution < -0.4 is 5.32 Å². The van der Waals surface area contributed by atoms with E-state index in [9.17, 15) is 4.79 Å². The van der Waals surface area contributed by atoms with Gasteiger partial charge < -0.3 is 0 Å². The zero-order chi connectivity index (χ0) is 17.9. The highest BCUT2D eigenvalue weighted by atomic mass is 35.5. The Balaban J connectivity index is 1.50. The normalized spacial score (nSPS) is 10.7. The second-order valence-electron chi connectivity index (χ2n) is 5.39. The Bertz CT molecular complexity index is 1060. The molecule has 2 heterocycles. The SMILES string of the molecule is O=C(Nc1nnc(-c2ccccc2)s1)c1cnn(-c2cccc(Cl)c2)c1. The molecular formula is C18H12ClN5OS. The number of carbonyl (C=O) groups excluding carboxylic acids is 1. The molecule has 0 aliphatic carbocycles. The van der Waals surface area contributed by atoms with Gasteiger partial charge in [-0.15, -0.1) is 10.2 Å². The molecule has 4 rings (SSSR count). The highest BCUT2D eigenvalue weighted by Crippen LogP contribution is 2.26. The van der Waals surface area contributed by atoms with Crippen LogP contribution in [0.5, 0.6) is 0 Å². The van der Waals surface area contributed by atoms with Gasteiger partial charge >= 0.3 is 0 Å². The first-order valence-electron chi connectivity index (χ1n) is 7.70. The highest BCUT2D eigenvalue weighted by Gasteiger charge is 2.13. The molecule has 0 bridgehead atoms. The van der Waals surface area contributed by atoms with E-state index in [1.807, 2.05) is 42.5 Å². The van der Waals surface area contributed by atoms with E-state index in [0.717, 1.165) is 16.3 Å². The third-order valence-electron chi connectivity index (χ3n) is 3.58. The van der Waals surface area contributed by atoms with Gasteiger partial charge in [-0.05, 0) is 18.2 Å². The maximum Gasteiger partial charge on any atom is 0.260 e. The summed E-state index contributed by atoms with van der Waals surface area (Å²) in [5.74, 6) is -0.297. The van der Waals surface area contributed by atoms with Crippen molar-refractivity contribution in [2.45, 2.75) is 0 Å². The van der Waals surface area contributed by atoms with E-state index in [2.05, 4.69) is 20.6 Å². The van der Waals surface area contributed by atoms with Crippen LogP contribution in [0.15, 0.2) is 67.0 Å². The Labute approximate surface area is 158 Å². The summed E-state index contributed by atoms with van der Waals surface area (Å²) in [6, 6.07) is 16.9. The molecule has 0 spiro atoms. The van der Waals surface area contributed by atoms with Crippen molar-refractivity contribution in [1.82, 2.24) is 20.0 Å². The van der Waals surface area contributed by atoms with Gasteiger partial charge in [-0.1, -0.05) is 59.3 Å². The lowest BCUT2D eigenvalue weighted by atomic mass is 10.2. The van der Waals surface area contributed by atoms with E-state index in [1.165, 1.54) is 17.5 Å². The Morgan fingerprint density at radius 1 is 1.08 bits per heavy atom. The molecule has 1 N–H and O–H groups in total. The third-order valence-corrected chi connectivity index (χ3v) is 4.71. The van der Waals surface area contributed by atoms with Crippen LogP contribution >= 0.6 is 22.9 Å². The average molecular weight is 382 g/mol. The fourth-order valence-electron chi connectivity index (χ4n) is 2.34. The van der Waals surface area contributed by atoms with Crippen molar-refractivity contribution in [1.29, 1.82) is 0 Å². The van der Waals surface area contributed by atoms with Gasteiger partial charge in [0.1, 0.15) is 5.01 Å². The smallest absolute Gasteiger partial charge is 0.260 e. The minimum Gasteiger partial charge on any atom is -0.296 e. The topological polar surface area (TPSA) is 72.7 Å². The Morgan fingerprint density at radius 3 is 2.73 bits per heavy atom. The fourth-order valence-corrected chi connectivity index (χ4v) is 3.27. The Hall–Kier alpha value is -3.03. The monoisotopic (exact) mass is 381 g/mol. The summed E-state index contributed by atoms with van der Waals surface area (Å²) in [7, 11) is 0. The predicted octanol–water partition coefficient (Wildman–Crippen LogP) is 4.30. The zero-order valence-corrected chi connectivity index (χ0v) is 14.9. The van der Waals surface area contributed by atoms with Crippen molar-refractivity contribution in [3.63, 3.8) is 0 Å². The molecule has 0 saturated heterocycles. The van der Waals surface area contributed by atoms with E-state index >= 15 is 0 Å². The molecule has 0 unspecified atom stereocenters. The van der Waals surface area contributed by atoms with Gasteiger partial charge in [0.15, 0.2) is 0 Å². The molecule has 1 amide bonds. The zero-order valence-electron chi connectivity index (χ0n) is 13.3. The summed E-state index contributed by atoms with van der Waals surface area (Å²) >= 11 is 7.31. The largest absolute Gasteiger partial charge is 0.296 e. The van der Waals surface area contributed by atoms with Crippen molar-refractivity contribution in [3.8, 4) is 16.3 Å². The number of aromatic nitrogens is 4. The van der Waals surface area contributed by atoms with Gasteiger partial charge in [-0.25, -0.2) is 4.68 Å². The summed E-state index contributed by atoms with van der Waals surface area (Å²) in [6.45, 7) is 0. The van der Waals surface area contributed by atoms with E-state index in [-0.39, 0.29) is 5.91 Å². The van der Waals surface area contributed by atoms with Crippen molar-refractivity contribution in [2.75, 3.05) is 5.32 Å². The summed E-state index contributed by atoms with van der Waals surface area (Å²) in [6.07, 6.45) is 3.13. The van der Waals surface area contributed by atoms with Crippen LogP contribution in [0.1, 0.15) is 10.4 Å². The quantitative estimate of drug-likeness (QED) is 0.572. The van der Waals surface area contributed by atoms with E-state index in [1.54, 1.807) is 23.0 Å². The number of halogens is 1. The maximum absolute atomic E-state index is 12.4. The first kappa shape index (κ1) is 16.4. The van der Waals surface area contributed by atoms with Crippen molar-refractivity contribution < 1.29 is 4.79 Å². The lowest BCUT2D eigenvalue weighted by Gasteiger charge is -2.01. The molecule has 8 heteroatoms. The molecule has 0 radical (unpaired) electrons. The summed E-state index contributed by atoms with van der Waals surface area (Å²) < 4.78 is 1.59. The predicted molar refractivity (Wildman–Crippen MR) is 102 cm³/mol. The number of hydrogen-bond donors (Lipinski definition) is 1. The Kier molecular flexibility index (Phi) is 4.47. The summed E-state index contributed by atoms with van der Waals surface area (Å²) in [5.41, 5.74) is 2.15. The van der Waals surface area contributed by atoms with Crippen LogP contribution in [0, 0.1) is 0 Å². The van der Waals surface area contributed by atoms with Crippen molar-refractivity contribution in [2.24, 2.45) is 0 Å². The molecule has 128 valence electrons. The molecule has 0 atom stereocenters. The third kappa shape index (κ3) is 3.49. The summed E-state index contributed by atoms with van der Waals surface area (Å²) in [5, 5.41) is 16.9. The second-order valence-corrected chi connectivity index (χ2v) is 6.80. The van der Waals surface area contributed by atoms with Crippen LogP contribution in [0.2, 0.25) is 5.02 Å². The van der Waals surface area contributed by atoms with Crippen molar-refractivity contribution in [3.05, 3.63) is 77.6 Å². The van der Waals surface area contributed by atoms with Crippen LogP contribution in [0.3, 0.4) is 0 Å². The molecular weight excluding hydrogens is 370 g/mol. The van der Waals surface area contributed by atoms with Crippen LogP contribution in [0.25, 0.3) is 16.3 Å². The lowest BCUT2D eigenvalue weighted by molar-refractivity contribution is 0.102. The second kappa shape index (κ2) is 7.07. The van der Waals surface area contributed by atoms with Crippen molar-refractivity contribution >= 4 is 34.0 Å². The average Bonchev–Trinajstić information content (AvgIpc) is 3.32. The number of rotatable bonds is 4. The molecule has 2 aromatic carbocycles.